The van der Waals surface area contributed by atoms with Gasteiger partial charge in [-0.15, -0.1) is 0 Å². The van der Waals surface area contributed by atoms with E-state index >= 15 is 0 Å². The Hall–Kier alpha value is -2.95. The predicted molar refractivity (Wildman–Crippen MR) is 93.6 cm³/mol. The Kier molecular flexibility index (Phi) is 5.60. The Morgan fingerprint density at radius 2 is 1.73 bits per heavy atom. The molecule has 0 fully saturated rings. The van der Waals surface area contributed by atoms with E-state index in [0.717, 1.165) is 18.4 Å². The molecule has 2 rings (SSSR count). The van der Waals surface area contributed by atoms with Crippen LogP contribution in [0.4, 0.5) is 10.1 Å². The molecule has 0 saturated heterocycles. The van der Waals surface area contributed by atoms with Crippen molar-refractivity contribution in [2.24, 2.45) is 0 Å². The van der Waals surface area contributed by atoms with Crippen LogP contribution in [-0.2, 0) is 19.9 Å². The molecule has 134 valence electrons. The van der Waals surface area contributed by atoms with Gasteiger partial charge in [-0.2, -0.15) is 5.26 Å². The van der Waals surface area contributed by atoms with Crippen LogP contribution in [0.5, 0.6) is 0 Å². The van der Waals surface area contributed by atoms with Crippen LogP contribution in [0.15, 0.2) is 36.7 Å². The van der Waals surface area contributed by atoms with Crippen molar-refractivity contribution in [3.8, 4) is 17.9 Å². The molecule has 10 heteroatoms. The smallest absolute Gasteiger partial charge is 0.247 e. The van der Waals surface area contributed by atoms with Crippen molar-refractivity contribution < 1.29 is 21.2 Å². The van der Waals surface area contributed by atoms with E-state index in [4.69, 9.17) is 5.26 Å². The quantitative estimate of drug-likeness (QED) is 0.781. The Labute approximate surface area is 150 Å². The summed E-state index contributed by atoms with van der Waals surface area (Å²) in [6.07, 6.45) is 3.57. The minimum atomic E-state index is -4.28. The number of hydrogen-bond donors (Lipinski definition) is 1. The van der Waals surface area contributed by atoms with Gasteiger partial charge in [0.15, 0.2) is 14.9 Å². The molecule has 0 saturated carbocycles. The maximum absolute atomic E-state index is 13.8. The van der Waals surface area contributed by atoms with E-state index in [-0.39, 0.29) is 5.56 Å². The van der Waals surface area contributed by atoms with Gasteiger partial charge in [0.1, 0.15) is 11.9 Å². The van der Waals surface area contributed by atoms with Gasteiger partial charge in [0, 0.05) is 29.8 Å². The minimum Gasteiger partial charge on any atom is -0.280 e. The fourth-order valence-corrected chi connectivity index (χ4v) is 4.86. The van der Waals surface area contributed by atoms with E-state index in [1.54, 1.807) is 0 Å². The number of pyridine rings is 1. The number of benzene rings is 1. The van der Waals surface area contributed by atoms with Crippen molar-refractivity contribution in [1.82, 2.24) is 4.98 Å². The predicted octanol–water partition coefficient (Wildman–Crippen LogP) is 1.24. The molecule has 0 aliphatic rings. The highest BCUT2D eigenvalue weighted by atomic mass is 32.3. The molecule has 1 N–H and O–H groups in total. The molecule has 0 aliphatic carbocycles. The highest BCUT2D eigenvalue weighted by Crippen LogP contribution is 2.18. The molecule has 2 aromatic rings. The van der Waals surface area contributed by atoms with E-state index in [1.165, 1.54) is 24.5 Å². The number of rotatable bonds is 4. The first-order valence-electron chi connectivity index (χ1n) is 6.93. The van der Waals surface area contributed by atoms with Crippen LogP contribution in [0.3, 0.4) is 0 Å². The summed E-state index contributed by atoms with van der Waals surface area (Å²) in [5, 5.41) is 7.65. The first kappa shape index (κ1) is 19.4. The second kappa shape index (κ2) is 7.52. The Morgan fingerprint density at radius 1 is 1.08 bits per heavy atom. The van der Waals surface area contributed by atoms with Crippen molar-refractivity contribution in [2.75, 3.05) is 16.1 Å². The third-order valence-electron chi connectivity index (χ3n) is 2.82. The molecule has 1 heterocycles. The van der Waals surface area contributed by atoms with Crippen LogP contribution < -0.4 is 4.72 Å². The summed E-state index contributed by atoms with van der Waals surface area (Å²) >= 11 is 0. The summed E-state index contributed by atoms with van der Waals surface area (Å²) in [4.78, 5) is 3.85. The summed E-state index contributed by atoms with van der Waals surface area (Å²) in [5.41, 5.74) is 0.646. The van der Waals surface area contributed by atoms with Gasteiger partial charge < -0.3 is 0 Å². The number of nitrogens with zero attached hydrogens (tertiary/aromatic N) is 2. The number of halogens is 1. The molecule has 0 amide bonds. The molecule has 0 bridgehead atoms. The maximum atomic E-state index is 13.8. The van der Waals surface area contributed by atoms with Crippen LogP contribution in [0.1, 0.15) is 16.7 Å². The zero-order valence-corrected chi connectivity index (χ0v) is 15.0. The zero-order chi connectivity index (χ0) is 19.4. The van der Waals surface area contributed by atoms with Gasteiger partial charge >= 0.3 is 0 Å². The van der Waals surface area contributed by atoms with Crippen LogP contribution in [0.25, 0.3) is 0 Å². The van der Waals surface area contributed by atoms with E-state index in [0.29, 0.717) is 11.1 Å². The van der Waals surface area contributed by atoms with Gasteiger partial charge in [-0.05, 0) is 24.3 Å². The first-order chi connectivity index (χ1) is 12.1. The Bertz CT molecular complexity index is 1160. The summed E-state index contributed by atoms with van der Waals surface area (Å²) in [6.45, 7) is 0. The molecule has 0 atom stereocenters. The van der Waals surface area contributed by atoms with Crippen molar-refractivity contribution >= 4 is 25.5 Å². The average Bonchev–Trinajstić information content (AvgIpc) is 2.53. The number of nitrogens with one attached hydrogen (secondary N) is 1. The molecule has 7 nitrogen and oxygen atoms in total. The Balaban J connectivity index is 2.31. The summed E-state index contributed by atoms with van der Waals surface area (Å²) in [6, 6.07) is 6.91. The minimum absolute atomic E-state index is 0.283. The molecule has 26 heavy (non-hydrogen) atoms. The van der Waals surface area contributed by atoms with Crippen LogP contribution in [0, 0.1) is 29.0 Å². The summed E-state index contributed by atoms with van der Waals surface area (Å²) in [5.74, 6) is 4.54. The van der Waals surface area contributed by atoms with Crippen LogP contribution >= 0.6 is 0 Å². The molecular formula is C16H12FN3O4S2. The maximum Gasteiger partial charge on any atom is 0.247 e. The fourth-order valence-electron chi connectivity index (χ4n) is 1.87. The lowest BCUT2D eigenvalue weighted by molar-refractivity contribution is 0.593. The van der Waals surface area contributed by atoms with Gasteiger partial charge in [0.25, 0.3) is 0 Å². The average molecular weight is 393 g/mol. The molecule has 1 aromatic carbocycles. The molecule has 0 spiro atoms. The second-order valence-electron chi connectivity index (χ2n) is 5.28. The summed E-state index contributed by atoms with van der Waals surface area (Å²) in [7, 11) is -8.09. The largest absolute Gasteiger partial charge is 0.280 e. The number of aromatic nitrogens is 1. The van der Waals surface area contributed by atoms with E-state index in [1.807, 2.05) is 10.8 Å². The molecule has 0 aliphatic heterocycles. The van der Waals surface area contributed by atoms with E-state index in [9.17, 15) is 21.2 Å². The number of nitriles is 1. The van der Waals surface area contributed by atoms with Crippen molar-refractivity contribution in [3.05, 3.63) is 59.2 Å². The monoisotopic (exact) mass is 393 g/mol. The van der Waals surface area contributed by atoms with E-state index in [2.05, 4.69) is 16.8 Å². The third-order valence-corrected chi connectivity index (χ3v) is 6.30. The summed E-state index contributed by atoms with van der Waals surface area (Å²) < 4.78 is 61.6. The van der Waals surface area contributed by atoms with Gasteiger partial charge in [0.05, 0.1) is 11.3 Å². The van der Waals surface area contributed by atoms with Crippen molar-refractivity contribution in [1.29, 1.82) is 5.26 Å². The second-order valence-corrected chi connectivity index (χ2v) is 9.51. The lowest BCUT2D eigenvalue weighted by Gasteiger charge is -2.08. The first-order valence-corrected chi connectivity index (χ1v) is 10.6. The third kappa shape index (κ3) is 5.84. The van der Waals surface area contributed by atoms with Gasteiger partial charge in [-0.3, -0.25) is 9.71 Å². The molecule has 1 aromatic heterocycles. The lowest BCUT2D eigenvalue weighted by atomic mass is 10.1. The highest BCUT2D eigenvalue weighted by Gasteiger charge is 2.19. The molecular weight excluding hydrogens is 381 g/mol. The molecule has 0 unspecified atom stereocenters. The number of anilines is 1. The SMILES string of the molecule is CS(=O)(=O)CS(=O)(=O)Nc1cc(C#Cc2cncc(C#N)c2)ccc1F. The molecule has 0 radical (unpaired) electrons. The van der Waals surface area contributed by atoms with Crippen LogP contribution in [-0.4, -0.2) is 33.2 Å². The van der Waals surface area contributed by atoms with Crippen molar-refractivity contribution in [3.63, 3.8) is 0 Å². The van der Waals surface area contributed by atoms with Gasteiger partial charge in [-0.25, -0.2) is 21.2 Å². The van der Waals surface area contributed by atoms with Gasteiger partial charge in [-0.1, -0.05) is 11.8 Å². The number of sulfonamides is 1. The number of sulfone groups is 1. The fraction of sp³-hybridized carbons (Fsp3) is 0.125. The van der Waals surface area contributed by atoms with E-state index < -0.39 is 36.5 Å². The van der Waals surface area contributed by atoms with Crippen molar-refractivity contribution in [2.45, 2.75) is 0 Å². The number of hydrogen-bond acceptors (Lipinski definition) is 6. The lowest BCUT2D eigenvalue weighted by Crippen LogP contribution is -2.22. The topological polar surface area (TPSA) is 117 Å². The standard InChI is InChI=1S/C16H12FN3O4S2/c1-25(21,22)11-26(23,24)20-16-7-12(4-5-15(16)17)2-3-13-6-14(8-18)10-19-9-13/h4-7,9-10,20H,11H2,1H3. The Morgan fingerprint density at radius 3 is 2.38 bits per heavy atom. The highest BCUT2D eigenvalue weighted by molar-refractivity contribution is 8.08. The van der Waals surface area contributed by atoms with Crippen LogP contribution in [0.2, 0.25) is 0 Å². The normalized spacial score (nSPS) is 11.1. The zero-order valence-electron chi connectivity index (χ0n) is 13.4. The van der Waals surface area contributed by atoms with Gasteiger partial charge in [0.2, 0.25) is 10.0 Å².